The standard InChI is InChI=1S/C22H24FNO6S/c1-15(21(25)16-5-9-19(29-2)10-6-16)30-22(26)17-4-3-13-24(14-17)31(27,28)20-11-7-18(23)8-12-20/h5-12,15,17H,3-4,13-14H2,1-2H3. The zero-order valence-electron chi connectivity index (χ0n) is 17.3. The first-order valence-corrected chi connectivity index (χ1v) is 11.3. The molecule has 0 saturated carbocycles. The minimum Gasteiger partial charge on any atom is -0.497 e. The van der Waals surface area contributed by atoms with Crippen LogP contribution in [0, 0.1) is 11.7 Å². The predicted octanol–water partition coefficient (Wildman–Crippen LogP) is 3.05. The van der Waals surface area contributed by atoms with Crippen molar-refractivity contribution in [3.05, 3.63) is 59.9 Å². The summed E-state index contributed by atoms with van der Waals surface area (Å²) in [5, 5.41) is 0. The van der Waals surface area contributed by atoms with Crippen molar-refractivity contribution in [3.8, 4) is 5.75 Å². The molecule has 1 aliphatic rings. The quantitative estimate of drug-likeness (QED) is 0.477. The van der Waals surface area contributed by atoms with E-state index in [0.29, 0.717) is 24.2 Å². The lowest BCUT2D eigenvalue weighted by atomic mass is 9.99. The molecule has 7 nitrogen and oxygen atoms in total. The molecule has 2 unspecified atom stereocenters. The molecule has 0 spiro atoms. The molecule has 1 saturated heterocycles. The fourth-order valence-electron chi connectivity index (χ4n) is 3.42. The van der Waals surface area contributed by atoms with Crippen LogP contribution in [0.2, 0.25) is 0 Å². The number of methoxy groups -OCH3 is 1. The van der Waals surface area contributed by atoms with E-state index < -0.39 is 33.8 Å². The van der Waals surface area contributed by atoms with Crippen LogP contribution in [-0.2, 0) is 19.6 Å². The van der Waals surface area contributed by atoms with E-state index in [-0.39, 0.29) is 23.8 Å². The van der Waals surface area contributed by atoms with Crippen LogP contribution in [0.1, 0.15) is 30.1 Å². The number of rotatable bonds is 7. The van der Waals surface area contributed by atoms with Crippen molar-refractivity contribution in [1.82, 2.24) is 4.31 Å². The molecule has 0 N–H and O–H groups in total. The van der Waals surface area contributed by atoms with Crippen molar-refractivity contribution in [2.24, 2.45) is 5.92 Å². The number of hydrogen-bond acceptors (Lipinski definition) is 6. The smallest absolute Gasteiger partial charge is 0.310 e. The van der Waals surface area contributed by atoms with Gasteiger partial charge in [-0.3, -0.25) is 9.59 Å². The van der Waals surface area contributed by atoms with Crippen molar-refractivity contribution in [1.29, 1.82) is 0 Å². The summed E-state index contributed by atoms with van der Waals surface area (Å²) < 4.78 is 50.4. The molecule has 0 aromatic heterocycles. The Balaban J connectivity index is 1.64. The van der Waals surface area contributed by atoms with E-state index in [1.54, 1.807) is 24.3 Å². The molecule has 1 fully saturated rings. The molecule has 166 valence electrons. The maximum Gasteiger partial charge on any atom is 0.310 e. The van der Waals surface area contributed by atoms with Gasteiger partial charge < -0.3 is 9.47 Å². The first-order chi connectivity index (χ1) is 14.7. The number of carbonyl (C=O) groups is 2. The summed E-state index contributed by atoms with van der Waals surface area (Å²) in [5.74, 6) is -1.59. The summed E-state index contributed by atoms with van der Waals surface area (Å²) in [6.07, 6.45) is -0.0800. The van der Waals surface area contributed by atoms with Gasteiger partial charge in [0, 0.05) is 18.7 Å². The zero-order valence-corrected chi connectivity index (χ0v) is 18.1. The topological polar surface area (TPSA) is 90.0 Å². The maximum absolute atomic E-state index is 13.1. The predicted molar refractivity (Wildman–Crippen MR) is 111 cm³/mol. The number of ketones is 1. The van der Waals surface area contributed by atoms with Crippen molar-refractivity contribution >= 4 is 21.8 Å². The third-order valence-electron chi connectivity index (χ3n) is 5.21. The Kier molecular flexibility index (Phi) is 7.07. The van der Waals surface area contributed by atoms with E-state index in [1.807, 2.05) is 0 Å². The molecule has 2 atom stereocenters. The molecule has 1 heterocycles. The summed E-state index contributed by atoms with van der Waals surface area (Å²) in [6, 6.07) is 11.0. The van der Waals surface area contributed by atoms with Gasteiger partial charge in [0.2, 0.25) is 15.8 Å². The van der Waals surface area contributed by atoms with Crippen LogP contribution in [0.3, 0.4) is 0 Å². The van der Waals surface area contributed by atoms with Crippen LogP contribution < -0.4 is 4.74 Å². The number of piperidine rings is 1. The summed E-state index contributed by atoms with van der Waals surface area (Å²) in [4.78, 5) is 25.1. The molecule has 9 heteroatoms. The number of hydrogen-bond donors (Lipinski definition) is 0. The van der Waals surface area contributed by atoms with Crippen LogP contribution in [0.5, 0.6) is 5.75 Å². The number of Topliss-reactive ketones (excluding diaryl/α,β-unsaturated/α-hetero) is 1. The number of sulfonamides is 1. The van der Waals surface area contributed by atoms with Gasteiger partial charge in [0.15, 0.2) is 6.10 Å². The zero-order chi connectivity index (χ0) is 22.6. The summed E-state index contributed by atoms with van der Waals surface area (Å²) in [5.41, 5.74) is 0.380. The average molecular weight is 450 g/mol. The lowest BCUT2D eigenvalue weighted by Gasteiger charge is -2.31. The highest BCUT2D eigenvalue weighted by Gasteiger charge is 2.35. The minimum atomic E-state index is -3.86. The molecule has 2 aromatic carbocycles. The Hall–Kier alpha value is -2.78. The third kappa shape index (κ3) is 5.29. The lowest BCUT2D eigenvalue weighted by molar-refractivity contribution is -0.152. The first kappa shape index (κ1) is 22.9. The molecule has 0 aliphatic carbocycles. The lowest BCUT2D eigenvalue weighted by Crippen LogP contribution is -2.43. The first-order valence-electron chi connectivity index (χ1n) is 9.87. The molecular formula is C22H24FNO6S. The molecule has 0 amide bonds. The van der Waals surface area contributed by atoms with Crippen LogP contribution in [0.15, 0.2) is 53.4 Å². The second kappa shape index (κ2) is 9.57. The SMILES string of the molecule is COc1ccc(C(=O)C(C)OC(=O)C2CCCN(S(=O)(=O)c3ccc(F)cc3)C2)cc1. The minimum absolute atomic E-state index is 0.0361. The Morgan fingerprint density at radius 3 is 2.35 bits per heavy atom. The fourth-order valence-corrected chi connectivity index (χ4v) is 4.95. The molecule has 2 aromatic rings. The Labute approximate surface area is 180 Å². The highest BCUT2D eigenvalue weighted by molar-refractivity contribution is 7.89. The number of carbonyl (C=O) groups excluding carboxylic acids is 2. The van der Waals surface area contributed by atoms with E-state index in [1.165, 1.54) is 30.5 Å². The van der Waals surface area contributed by atoms with Gasteiger partial charge >= 0.3 is 5.97 Å². The van der Waals surface area contributed by atoms with Gasteiger partial charge in [-0.2, -0.15) is 4.31 Å². The van der Waals surface area contributed by atoms with Crippen LogP contribution in [-0.4, -0.2) is 50.8 Å². The average Bonchev–Trinajstić information content (AvgIpc) is 2.79. The second-order valence-corrected chi connectivity index (χ2v) is 9.27. The van der Waals surface area contributed by atoms with Crippen LogP contribution in [0.4, 0.5) is 4.39 Å². The van der Waals surface area contributed by atoms with Gasteiger partial charge in [0.05, 0.1) is 17.9 Å². The molecule has 3 rings (SSSR count). The van der Waals surface area contributed by atoms with Gasteiger partial charge in [-0.15, -0.1) is 0 Å². The van der Waals surface area contributed by atoms with Gasteiger partial charge in [-0.1, -0.05) is 0 Å². The van der Waals surface area contributed by atoms with Crippen LogP contribution in [0.25, 0.3) is 0 Å². The van der Waals surface area contributed by atoms with E-state index in [2.05, 4.69) is 0 Å². The van der Waals surface area contributed by atoms with Gasteiger partial charge in [0.1, 0.15) is 11.6 Å². The van der Waals surface area contributed by atoms with E-state index in [9.17, 15) is 22.4 Å². The highest BCUT2D eigenvalue weighted by Crippen LogP contribution is 2.25. The van der Waals surface area contributed by atoms with Crippen molar-refractivity contribution in [3.63, 3.8) is 0 Å². The Bertz CT molecular complexity index is 1040. The monoisotopic (exact) mass is 449 g/mol. The Morgan fingerprint density at radius 1 is 1.10 bits per heavy atom. The largest absolute Gasteiger partial charge is 0.497 e. The summed E-state index contributed by atoms with van der Waals surface area (Å²) >= 11 is 0. The third-order valence-corrected chi connectivity index (χ3v) is 7.08. The maximum atomic E-state index is 13.1. The van der Waals surface area contributed by atoms with Crippen molar-refractivity contribution in [2.75, 3.05) is 20.2 Å². The number of halogens is 1. The second-order valence-electron chi connectivity index (χ2n) is 7.33. The molecule has 31 heavy (non-hydrogen) atoms. The van der Waals surface area contributed by atoms with Gasteiger partial charge in [-0.25, -0.2) is 12.8 Å². The molecule has 0 radical (unpaired) electrons. The van der Waals surface area contributed by atoms with Crippen molar-refractivity contribution in [2.45, 2.75) is 30.8 Å². The Morgan fingerprint density at radius 2 is 1.74 bits per heavy atom. The summed E-state index contributed by atoms with van der Waals surface area (Å²) in [7, 11) is -2.34. The molecule has 1 aliphatic heterocycles. The molecule has 0 bridgehead atoms. The number of esters is 1. The van der Waals surface area contributed by atoms with E-state index in [0.717, 1.165) is 12.1 Å². The van der Waals surface area contributed by atoms with Gasteiger partial charge in [0.25, 0.3) is 0 Å². The van der Waals surface area contributed by atoms with E-state index >= 15 is 0 Å². The summed E-state index contributed by atoms with van der Waals surface area (Å²) in [6.45, 7) is 1.69. The van der Waals surface area contributed by atoms with Gasteiger partial charge in [-0.05, 0) is 68.3 Å². The number of nitrogens with zero attached hydrogens (tertiary/aromatic N) is 1. The number of ether oxygens (including phenoxy) is 2. The normalized spacial score (nSPS) is 18.2. The van der Waals surface area contributed by atoms with Crippen LogP contribution >= 0.6 is 0 Å². The fraction of sp³-hybridized carbons (Fsp3) is 0.364. The van der Waals surface area contributed by atoms with Crippen molar-refractivity contribution < 1.29 is 31.9 Å². The highest BCUT2D eigenvalue weighted by atomic mass is 32.2. The molecular weight excluding hydrogens is 425 g/mol. The van der Waals surface area contributed by atoms with E-state index in [4.69, 9.17) is 9.47 Å². The number of benzene rings is 2.